The van der Waals surface area contributed by atoms with Crippen molar-refractivity contribution >= 4 is 35.3 Å². The van der Waals surface area contributed by atoms with Crippen LogP contribution in [0.2, 0.25) is 0 Å². The summed E-state index contributed by atoms with van der Waals surface area (Å²) in [4.78, 5) is 36.2. The van der Waals surface area contributed by atoms with Gasteiger partial charge in [-0.1, -0.05) is 24.8 Å². The molecule has 0 saturated heterocycles. The molecule has 3 rings (SSSR count). The van der Waals surface area contributed by atoms with Crippen molar-refractivity contribution in [2.75, 3.05) is 23.8 Å². The Morgan fingerprint density at radius 2 is 1.54 bits per heavy atom. The van der Waals surface area contributed by atoms with Gasteiger partial charge >= 0.3 is 11.8 Å². The second-order valence-electron chi connectivity index (χ2n) is 7.93. The summed E-state index contributed by atoms with van der Waals surface area (Å²) in [6.07, 6.45) is 3.01. The van der Waals surface area contributed by atoms with E-state index in [0.29, 0.717) is 29.4 Å². The Morgan fingerprint density at radius 1 is 0.865 bits per heavy atom. The minimum atomic E-state index is -0.918. The van der Waals surface area contributed by atoms with Gasteiger partial charge in [0.1, 0.15) is 18.1 Å². The number of benzene rings is 3. The molecule has 190 valence electrons. The summed E-state index contributed by atoms with van der Waals surface area (Å²) >= 11 is 0. The average Bonchev–Trinajstić information content (AvgIpc) is 2.90. The molecule has 0 spiro atoms. The number of aryl methyl sites for hydroxylation is 1. The van der Waals surface area contributed by atoms with Crippen molar-refractivity contribution in [2.24, 2.45) is 5.10 Å². The van der Waals surface area contributed by atoms with Crippen molar-refractivity contribution in [3.8, 4) is 11.5 Å². The van der Waals surface area contributed by atoms with Crippen LogP contribution in [0.5, 0.6) is 11.5 Å². The number of nitrogens with zero attached hydrogens (tertiary/aromatic N) is 1. The maximum atomic E-state index is 12.2. The molecule has 0 fully saturated rings. The van der Waals surface area contributed by atoms with Gasteiger partial charge in [0.15, 0.2) is 6.61 Å². The fourth-order valence-corrected chi connectivity index (χ4v) is 3.07. The molecule has 3 amide bonds. The first-order valence-corrected chi connectivity index (χ1v) is 11.4. The summed E-state index contributed by atoms with van der Waals surface area (Å²) in [6, 6.07) is 19.0. The maximum absolute atomic E-state index is 12.2. The van der Waals surface area contributed by atoms with Crippen LogP contribution in [0.4, 0.5) is 11.4 Å². The van der Waals surface area contributed by atoms with Crippen LogP contribution in [-0.4, -0.2) is 37.1 Å². The van der Waals surface area contributed by atoms with E-state index < -0.39 is 11.8 Å². The highest BCUT2D eigenvalue weighted by atomic mass is 16.5. The van der Waals surface area contributed by atoms with Gasteiger partial charge < -0.3 is 20.1 Å². The molecule has 0 atom stereocenters. The lowest BCUT2D eigenvalue weighted by molar-refractivity contribution is -0.136. The first-order chi connectivity index (χ1) is 17.9. The Balaban J connectivity index is 1.42. The number of ether oxygens (including phenoxy) is 2. The quantitative estimate of drug-likeness (QED) is 0.168. The second-order valence-corrected chi connectivity index (χ2v) is 7.93. The molecule has 9 heteroatoms. The molecule has 0 bridgehead atoms. The third kappa shape index (κ3) is 8.36. The predicted octanol–water partition coefficient (Wildman–Crippen LogP) is 3.97. The lowest BCUT2D eigenvalue weighted by Crippen LogP contribution is -2.32. The van der Waals surface area contributed by atoms with Gasteiger partial charge in [0.2, 0.25) is 0 Å². The number of carbonyl (C=O) groups excluding carboxylic acids is 3. The van der Waals surface area contributed by atoms with Crippen LogP contribution in [-0.2, 0) is 14.4 Å². The number of hydrazone groups is 1. The van der Waals surface area contributed by atoms with Gasteiger partial charge in [0.25, 0.3) is 5.91 Å². The molecule has 0 aliphatic rings. The van der Waals surface area contributed by atoms with Gasteiger partial charge in [-0.2, -0.15) is 5.10 Å². The van der Waals surface area contributed by atoms with Crippen molar-refractivity contribution in [3.05, 3.63) is 96.1 Å². The Kier molecular flexibility index (Phi) is 9.55. The monoisotopic (exact) mass is 500 g/mol. The SMILES string of the molecule is C=CCOc1ccc(NC(=O)C(=O)N/N=C\c2ccc(OCC(=O)Nc3cccc(C)c3C)cc2)cc1. The number of anilines is 2. The maximum Gasteiger partial charge on any atom is 0.329 e. The average molecular weight is 501 g/mol. The first-order valence-electron chi connectivity index (χ1n) is 11.4. The molecule has 0 unspecified atom stereocenters. The van der Waals surface area contributed by atoms with E-state index in [1.165, 1.54) is 6.21 Å². The van der Waals surface area contributed by atoms with E-state index in [2.05, 4.69) is 27.7 Å². The zero-order valence-corrected chi connectivity index (χ0v) is 20.6. The summed E-state index contributed by atoms with van der Waals surface area (Å²) in [7, 11) is 0. The van der Waals surface area contributed by atoms with E-state index >= 15 is 0 Å². The van der Waals surface area contributed by atoms with Gasteiger partial charge in [-0.15, -0.1) is 0 Å². The van der Waals surface area contributed by atoms with Crippen LogP contribution in [0.3, 0.4) is 0 Å². The minimum absolute atomic E-state index is 0.142. The molecule has 0 aliphatic carbocycles. The normalized spacial score (nSPS) is 10.4. The second kappa shape index (κ2) is 13.2. The molecule has 0 heterocycles. The van der Waals surface area contributed by atoms with Crippen LogP contribution in [0.15, 0.2) is 84.5 Å². The van der Waals surface area contributed by atoms with Crippen molar-refractivity contribution in [2.45, 2.75) is 13.8 Å². The van der Waals surface area contributed by atoms with E-state index in [0.717, 1.165) is 16.8 Å². The number of hydrogen-bond donors (Lipinski definition) is 3. The summed E-state index contributed by atoms with van der Waals surface area (Å²) in [6.45, 7) is 7.72. The summed E-state index contributed by atoms with van der Waals surface area (Å²) in [5.41, 5.74) is 6.12. The molecule has 3 aromatic rings. The van der Waals surface area contributed by atoms with Crippen molar-refractivity contribution in [1.29, 1.82) is 0 Å². The molecule has 3 N–H and O–H groups in total. The summed E-state index contributed by atoms with van der Waals surface area (Å²) in [5, 5.41) is 9.11. The van der Waals surface area contributed by atoms with Crippen molar-refractivity contribution in [1.82, 2.24) is 5.43 Å². The highest BCUT2D eigenvalue weighted by Gasteiger charge is 2.13. The van der Waals surface area contributed by atoms with E-state index in [-0.39, 0.29) is 12.5 Å². The number of amides is 3. The van der Waals surface area contributed by atoms with Crippen molar-refractivity contribution in [3.63, 3.8) is 0 Å². The third-order valence-electron chi connectivity index (χ3n) is 5.19. The first kappa shape index (κ1) is 26.7. The fourth-order valence-electron chi connectivity index (χ4n) is 3.07. The lowest BCUT2D eigenvalue weighted by Gasteiger charge is -2.11. The van der Waals surface area contributed by atoms with Crippen LogP contribution in [0.1, 0.15) is 16.7 Å². The third-order valence-corrected chi connectivity index (χ3v) is 5.19. The molecule has 0 radical (unpaired) electrons. The topological polar surface area (TPSA) is 118 Å². The molecule has 0 aliphatic heterocycles. The van der Waals surface area contributed by atoms with Gasteiger partial charge in [-0.25, -0.2) is 5.43 Å². The smallest absolute Gasteiger partial charge is 0.329 e. The van der Waals surface area contributed by atoms with Crippen LogP contribution >= 0.6 is 0 Å². The largest absolute Gasteiger partial charge is 0.490 e. The standard InChI is InChI=1S/C28H28N4O5/c1-4-16-36-23-14-10-22(11-15-23)30-27(34)28(35)32-29-17-21-8-12-24(13-9-21)37-18-26(33)31-25-7-5-6-19(2)20(25)3/h4-15,17H,1,16,18H2,2-3H3,(H,30,34)(H,31,33)(H,32,35)/b29-17-. The zero-order valence-electron chi connectivity index (χ0n) is 20.6. The van der Waals surface area contributed by atoms with Gasteiger partial charge in [0.05, 0.1) is 6.21 Å². The van der Waals surface area contributed by atoms with E-state index in [4.69, 9.17) is 9.47 Å². The zero-order chi connectivity index (χ0) is 26.6. The highest BCUT2D eigenvalue weighted by Crippen LogP contribution is 2.18. The molecule has 0 saturated carbocycles. The summed E-state index contributed by atoms with van der Waals surface area (Å²) in [5.74, 6) is -0.934. The number of hydrogen-bond acceptors (Lipinski definition) is 6. The van der Waals surface area contributed by atoms with E-state index in [9.17, 15) is 14.4 Å². The Morgan fingerprint density at radius 3 is 2.24 bits per heavy atom. The Bertz CT molecular complexity index is 1280. The number of nitrogens with one attached hydrogen (secondary N) is 3. The molecular weight excluding hydrogens is 472 g/mol. The van der Waals surface area contributed by atoms with E-state index in [1.54, 1.807) is 54.6 Å². The number of carbonyl (C=O) groups is 3. The molecule has 3 aromatic carbocycles. The van der Waals surface area contributed by atoms with Crippen LogP contribution in [0, 0.1) is 13.8 Å². The Hall–Kier alpha value is -4.92. The minimum Gasteiger partial charge on any atom is -0.490 e. The molecular formula is C28H28N4O5. The van der Waals surface area contributed by atoms with Gasteiger partial charge in [-0.05, 0) is 85.1 Å². The number of rotatable bonds is 10. The van der Waals surface area contributed by atoms with Crippen LogP contribution in [0.25, 0.3) is 0 Å². The van der Waals surface area contributed by atoms with E-state index in [1.807, 2.05) is 32.0 Å². The highest BCUT2D eigenvalue weighted by molar-refractivity contribution is 6.39. The van der Waals surface area contributed by atoms with Gasteiger partial charge in [0, 0.05) is 11.4 Å². The molecule has 0 aromatic heterocycles. The molecule has 37 heavy (non-hydrogen) atoms. The summed E-state index contributed by atoms with van der Waals surface area (Å²) < 4.78 is 10.9. The van der Waals surface area contributed by atoms with Crippen molar-refractivity contribution < 1.29 is 23.9 Å². The Labute approximate surface area is 215 Å². The van der Waals surface area contributed by atoms with Gasteiger partial charge in [-0.3, -0.25) is 14.4 Å². The predicted molar refractivity (Wildman–Crippen MR) is 143 cm³/mol. The lowest BCUT2D eigenvalue weighted by atomic mass is 10.1. The fraction of sp³-hybridized carbons (Fsp3) is 0.143. The molecule has 9 nitrogen and oxygen atoms in total. The van der Waals surface area contributed by atoms with Crippen LogP contribution < -0.4 is 25.5 Å².